The Morgan fingerprint density at radius 2 is 0.913 bits per heavy atom. The van der Waals surface area contributed by atoms with Crippen LogP contribution in [0.5, 0.6) is 0 Å². The number of carbonyl (C=O) groups is 1. The number of carbonyl (C=O) groups excluding carboxylic acids is 1. The summed E-state index contributed by atoms with van der Waals surface area (Å²) in [6.07, 6.45) is 19.4. The van der Waals surface area contributed by atoms with E-state index in [1.165, 1.54) is 83.5 Å². The van der Waals surface area contributed by atoms with Crippen molar-refractivity contribution >= 4 is 6.03 Å². The van der Waals surface area contributed by atoms with Crippen LogP contribution in [0.2, 0.25) is 0 Å². The van der Waals surface area contributed by atoms with E-state index in [1.54, 1.807) is 0 Å². The summed E-state index contributed by atoms with van der Waals surface area (Å²) < 4.78 is 0. The number of primary amides is 1. The van der Waals surface area contributed by atoms with E-state index in [0.29, 0.717) is 0 Å². The van der Waals surface area contributed by atoms with Gasteiger partial charge in [-0.25, -0.2) is 4.79 Å². The summed E-state index contributed by atoms with van der Waals surface area (Å²) in [4.78, 5) is 13.3. The number of urea groups is 1. The maximum Gasteiger partial charge on any atom is 0.314 e. The minimum atomic E-state index is -0.238. The zero-order chi connectivity index (χ0) is 17.2. The topological polar surface area (TPSA) is 46.3 Å². The van der Waals surface area contributed by atoms with Crippen LogP contribution in [0.1, 0.15) is 110 Å². The number of hydrogen-bond acceptors (Lipinski definition) is 1. The van der Waals surface area contributed by atoms with Gasteiger partial charge in [-0.05, 0) is 12.8 Å². The van der Waals surface area contributed by atoms with Gasteiger partial charge in [0.25, 0.3) is 0 Å². The van der Waals surface area contributed by atoms with Crippen LogP contribution in [-0.2, 0) is 0 Å². The second kappa shape index (κ2) is 17.6. The molecular formula is C20H42N2O. The average Bonchev–Trinajstić information content (AvgIpc) is 2.54. The van der Waals surface area contributed by atoms with Crippen LogP contribution >= 0.6 is 0 Å². The lowest BCUT2D eigenvalue weighted by atomic mass is 10.1. The first-order valence-corrected chi connectivity index (χ1v) is 10.3. The minimum Gasteiger partial charge on any atom is -0.351 e. The Hall–Kier alpha value is -0.730. The maximum atomic E-state index is 11.5. The molecule has 2 N–H and O–H groups in total. The first-order valence-electron chi connectivity index (χ1n) is 10.3. The largest absolute Gasteiger partial charge is 0.351 e. The van der Waals surface area contributed by atoms with E-state index in [1.807, 2.05) is 4.90 Å². The summed E-state index contributed by atoms with van der Waals surface area (Å²) in [7, 11) is 0. The molecule has 3 nitrogen and oxygen atoms in total. The van der Waals surface area contributed by atoms with Crippen LogP contribution < -0.4 is 5.73 Å². The van der Waals surface area contributed by atoms with E-state index in [4.69, 9.17) is 5.73 Å². The molecule has 0 aliphatic heterocycles. The highest BCUT2D eigenvalue weighted by Crippen LogP contribution is 2.11. The van der Waals surface area contributed by atoms with Crippen molar-refractivity contribution in [2.75, 3.05) is 13.1 Å². The van der Waals surface area contributed by atoms with E-state index >= 15 is 0 Å². The van der Waals surface area contributed by atoms with Gasteiger partial charge in [-0.2, -0.15) is 0 Å². The van der Waals surface area contributed by atoms with Crippen molar-refractivity contribution < 1.29 is 4.79 Å². The Labute approximate surface area is 145 Å². The number of nitrogens with two attached hydrogens (primary N) is 1. The van der Waals surface area contributed by atoms with Gasteiger partial charge in [-0.15, -0.1) is 0 Å². The highest BCUT2D eigenvalue weighted by atomic mass is 16.2. The van der Waals surface area contributed by atoms with Gasteiger partial charge in [0.15, 0.2) is 0 Å². The zero-order valence-electron chi connectivity index (χ0n) is 16.0. The average molecular weight is 327 g/mol. The minimum absolute atomic E-state index is 0.238. The molecule has 0 saturated heterocycles. The number of nitrogens with zero attached hydrogens (tertiary/aromatic N) is 1. The van der Waals surface area contributed by atoms with Crippen LogP contribution in [0.25, 0.3) is 0 Å². The Balaban J connectivity index is 3.48. The van der Waals surface area contributed by atoms with Crippen LogP contribution in [0.15, 0.2) is 0 Å². The third-order valence-electron chi connectivity index (χ3n) is 4.62. The van der Waals surface area contributed by atoms with Crippen molar-refractivity contribution in [3.8, 4) is 0 Å². The molecule has 2 amide bonds. The fraction of sp³-hybridized carbons (Fsp3) is 0.950. The van der Waals surface area contributed by atoms with Gasteiger partial charge in [0, 0.05) is 13.1 Å². The van der Waals surface area contributed by atoms with Crippen molar-refractivity contribution in [2.24, 2.45) is 5.73 Å². The molecule has 0 aliphatic rings. The smallest absolute Gasteiger partial charge is 0.314 e. The molecule has 0 aromatic heterocycles. The SMILES string of the molecule is CCCCCCCCCCCN(CCCCCCCC)C(N)=O. The molecule has 0 saturated carbocycles. The second-order valence-corrected chi connectivity index (χ2v) is 6.92. The first kappa shape index (κ1) is 22.3. The Bertz CT molecular complexity index is 256. The monoisotopic (exact) mass is 326 g/mol. The number of rotatable bonds is 17. The quantitative estimate of drug-likeness (QED) is 0.315. The van der Waals surface area contributed by atoms with Crippen LogP contribution in [0, 0.1) is 0 Å². The summed E-state index contributed by atoms with van der Waals surface area (Å²) in [6.45, 7) is 6.19. The van der Waals surface area contributed by atoms with E-state index < -0.39 is 0 Å². The third kappa shape index (κ3) is 15.9. The fourth-order valence-electron chi connectivity index (χ4n) is 3.03. The maximum absolute atomic E-state index is 11.5. The molecule has 0 spiro atoms. The van der Waals surface area contributed by atoms with Crippen molar-refractivity contribution in [3.63, 3.8) is 0 Å². The molecule has 0 bridgehead atoms. The number of amides is 2. The first-order chi connectivity index (χ1) is 11.2. The number of unbranched alkanes of at least 4 members (excludes halogenated alkanes) is 13. The summed E-state index contributed by atoms with van der Waals surface area (Å²) >= 11 is 0. The van der Waals surface area contributed by atoms with Gasteiger partial charge >= 0.3 is 6.03 Å². The predicted octanol–water partition coefficient (Wildman–Crippen LogP) is 6.26. The van der Waals surface area contributed by atoms with Crippen molar-refractivity contribution in [1.82, 2.24) is 4.90 Å². The molecule has 0 unspecified atom stereocenters. The van der Waals surface area contributed by atoms with Crippen molar-refractivity contribution in [1.29, 1.82) is 0 Å². The van der Waals surface area contributed by atoms with E-state index in [-0.39, 0.29) is 6.03 Å². The molecule has 3 heteroatoms. The van der Waals surface area contributed by atoms with Crippen molar-refractivity contribution in [2.45, 2.75) is 110 Å². The zero-order valence-corrected chi connectivity index (χ0v) is 16.0. The standard InChI is InChI=1S/C20H42N2O/c1-3-5-7-9-11-12-13-15-17-19-22(20(21)23)18-16-14-10-8-6-4-2/h3-19H2,1-2H3,(H2,21,23). The summed E-state index contributed by atoms with van der Waals surface area (Å²) in [6, 6.07) is -0.238. The molecule has 0 rings (SSSR count). The summed E-state index contributed by atoms with van der Waals surface area (Å²) in [5.41, 5.74) is 5.50. The highest BCUT2D eigenvalue weighted by Gasteiger charge is 2.08. The van der Waals surface area contributed by atoms with Crippen LogP contribution in [0.3, 0.4) is 0 Å². The molecule has 0 aliphatic carbocycles. The Morgan fingerprint density at radius 1 is 0.609 bits per heavy atom. The lowest BCUT2D eigenvalue weighted by Crippen LogP contribution is -2.37. The fourth-order valence-corrected chi connectivity index (χ4v) is 3.03. The summed E-state index contributed by atoms with van der Waals surface area (Å²) in [5, 5.41) is 0. The molecule has 0 atom stereocenters. The van der Waals surface area contributed by atoms with Crippen molar-refractivity contribution in [3.05, 3.63) is 0 Å². The third-order valence-corrected chi connectivity index (χ3v) is 4.62. The number of hydrogen-bond donors (Lipinski definition) is 1. The van der Waals surface area contributed by atoms with Gasteiger partial charge in [-0.1, -0.05) is 97.3 Å². The summed E-state index contributed by atoms with van der Waals surface area (Å²) in [5.74, 6) is 0. The normalized spacial score (nSPS) is 10.9. The molecule has 0 aromatic rings. The van der Waals surface area contributed by atoms with Crippen LogP contribution in [-0.4, -0.2) is 24.0 Å². The second-order valence-electron chi connectivity index (χ2n) is 6.92. The molecular weight excluding hydrogens is 284 g/mol. The predicted molar refractivity (Wildman–Crippen MR) is 102 cm³/mol. The van der Waals surface area contributed by atoms with E-state index in [0.717, 1.165) is 25.9 Å². The van der Waals surface area contributed by atoms with Gasteiger partial charge in [-0.3, -0.25) is 0 Å². The van der Waals surface area contributed by atoms with Gasteiger partial charge in [0.05, 0.1) is 0 Å². The molecule has 0 radical (unpaired) electrons. The molecule has 0 aromatic carbocycles. The van der Waals surface area contributed by atoms with Crippen LogP contribution in [0.4, 0.5) is 4.79 Å². The molecule has 23 heavy (non-hydrogen) atoms. The molecule has 0 fully saturated rings. The molecule has 138 valence electrons. The molecule has 0 heterocycles. The van der Waals surface area contributed by atoms with E-state index in [9.17, 15) is 4.79 Å². The Morgan fingerprint density at radius 3 is 1.22 bits per heavy atom. The Kier molecular flexibility index (Phi) is 17.1. The van der Waals surface area contributed by atoms with Gasteiger partial charge in [0.2, 0.25) is 0 Å². The van der Waals surface area contributed by atoms with Gasteiger partial charge < -0.3 is 10.6 Å². The lowest BCUT2D eigenvalue weighted by Gasteiger charge is -2.20. The lowest BCUT2D eigenvalue weighted by molar-refractivity contribution is 0.204. The van der Waals surface area contributed by atoms with E-state index in [2.05, 4.69) is 13.8 Å². The van der Waals surface area contributed by atoms with Gasteiger partial charge in [0.1, 0.15) is 0 Å². The highest BCUT2D eigenvalue weighted by molar-refractivity contribution is 5.71.